The molecule has 0 saturated carbocycles. The molecule has 24 heavy (non-hydrogen) atoms. The summed E-state index contributed by atoms with van der Waals surface area (Å²) in [7, 11) is 0. The van der Waals surface area contributed by atoms with E-state index in [0.29, 0.717) is 23.7 Å². The molecule has 1 saturated heterocycles. The number of halogens is 1. The number of carbonyl (C=O) groups excluding carboxylic acids is 2. The summed E-state index contributed by atoms with van der Waals surface area (Å²) in [6.45, 7) is 0.824. The number of hydrogen-bond donors (Lipinski definition) is 4. The van der Waals surface area contributed by atoms with E-state index in [2.05, 4.69) is 5.32 Å². The zero-order valence-electron chi connectivity index (χ0n) is 13.2. The van der Waals surface area contributed by atoms with Gasteiger partial charge in [0, 0.05) is 43.2 Å². The van der Waals surface area contributed by atoms with Crippen LogP contribution < -0.4 is 11.1 Å². The second kappa shape index (κ2) is 7.94. The highest BCUT2D eigenvalue weighted by molar-refractivity contribution is 6.30. The zero-order chi connectivity index (χ0) is 17.7. The van der Waals surface area contributed by atoms with Gasteiger partial charge in [0.1, 0.15) is 11.7 Å². The normalized spacial score (nSPS) is 24.0. The van der Waals surface area contributed by atoms with Crippen LogP contribution in [0.25, 0.3) is 0 Å². The minimum Gasteiger partial charge on any atom is -0.388 e. The largest absolute Gasteiger partial charge is 0.388 e. The van der Waals surface area contributed by atoms with Crippen LogP contribution in [-0.4, -0.2) is 64.8 Å². The second-order valence-electron chi connectivity index (χ2n) is 6.02. The molecule has 0 unspecified atom stereocenters. The molecule has 0 aliphatic carbocycles. The van der Waals surface area contributed by atoms with Crippen LogP contribution in [0.4, 0.5) is 0 Å². The van der Waals surface area contributed by atoms with Crippen molar-refractivity contribution in [2.75, 3.05) is 26.2 Å². The third kappa shape index (κ3) is 4.67. The molecule has 1 aromatic rings. The summed E-state index contributed by atoms with van der Waals surface area (Å²) < 4.78 is 0. The van der Waals surface area contributed by atoms with Gasteiger partial charge in [-0.15, -0.1) is 0 Å². The molecule has 0 spiro atoms. The Kier molecular flexibility index (Phi) is 6.17. The average molecular weight is 356 g/mol. The highest BCUT2D eigenvalue weighted by Crippen LogP contribution is 2.24. The van der Waals surface area contributed by atoms with Crippen LogP contribution in [0, 0.1) is 0 Å². The minimum atomic E-state index is -1.34. The number of primary amides is 1. The summed E-state index contributed by atoms with van der Waals surface area (Å²) in [5, 5.41) is 24.2. The molecule has 1 fully saturated rings. The van der Waals surface area contributed by atoms with Crippen molar-refractivity contribution < 1.29 is 19.8 Å². The van der Waals surface area contributed by atoms with Gasteiger partial charge in [0.25, 0.3) is 5.91 Å². The SMILES string of the molecule is NC(=O)CCNC[C@@]1(O)CCN(C(=O)c2ccc(Cl)cc2)C[C@@H]1O. The van der Waals surface area contributed by atoms with Gasteiger partial charge >= 0.3 is 0 Å². The lowest BCUT2D eigenvalue weighted by molar-refractivity contribution is -0.118. The predicted octanol–water partition coefficient (Wildman–Crippen LogP) is -0.257. The summed E-state index contributed by atoms with van der Waals surface area (Å²) in [6, 6.07) is 6.52. The zero-order valence-corrected chi connectivity index (χ0v) is 14.0. The Bertz CT molecular complexity index is 595. The van der Waals surface area contributed by atoms with Gasteiger partial charge in [-0.3, -0.25) is 9.59 Å². The molecule has 7 nitrogen and oxygen atoms in total. The molecule has 2 amide bonds. The fraction of sp³-hybridized carbons (Fsp3) is 0.500. The lowest BCUT2D eigenvalue weighted by Crippen LogP contribution is -2.60. The van der Waals surface area contributed by atoms with Crippen LogP contribution in [0.3, 0.4) is 0 Å². The van der Waals surface area contributed by atoms with Crippen LogP contribution in [0.5, 0.6) is 0 Å². The van der Waals surface area contributed by atoms with Gasteiger partial charge in [0.15, 0.2) is 0 Å². The maximum Gasteiger partial charge on any atom is 0.253 e. The monoisotopic (exact) mass is 355 g/mol. The first-order valence-corrected chi connectivity index (χ1v) is 8.14. The summed E-state index contributed by atoms with van der Waals surface area (Å²) in [6.07, 6.45) is -0.687. The fourth-order valence-electron chi connectivity index (χ4n) is 2.65. The lowest BCUT2D eigenvalue weighted by Gasteiger charge is -2.42. The van der Waals surface area contributed by atoms with Crippen molar-refractivity contribution in [1.82, 2.24) is 10.2 Å². The van der Waals surface area contributed by atoms with E-state index in [1.165, 1.54) is 4.90 Å². The number of β-amino-alcohol motifs (C(OH)–C–C–N with tert-alkyl or cyclic N) is 1. The van der Waals surface area contributed by atoms with Gasteiger partial charge in [-0.25, -0.2) is 0 Å². The van der Waals surface area contributed by atoms with Crippen molar-refractivity contribution in [1.29, 1.82) is 0 Å². The van der Waals surface area contributed by atoms with Gasteiger partial charge in [-0.05, 0) is 30.7 Å². The van der Waals surface area contributed by atoms with Crippen LogP contribution >= 0.6 is 11.6 Å². The first kappa shape index (κ1) is 18.7. The number of piperidine rings is 1. The first-order valence-electron chi connectivity index (χ1n) is 7.76. The number of nitrogens with one attached hydrogen (secondary N) is 1. The van der Waals surface area contributed by atoms with Crippen molar-refractivity contribution in [3.63, 3.8) is 0 Å². The Morgan fingerprint density at radius 2 is 2.04 bits per heavy atom. The number of hydrogen-bond acceptors (Lipinski definition) is 5. The molecule has 0 radical (unpaired) electrons. The quantitative estimate of drug-likeness (QED) is 0.525. The second-order valence-corrected chi connectivity index (χ2v) is 6.46. The number of likely N-dealkylation sites (tertiary alicyclic amines) is 1. The number of carbonyl (C=O) groups is 2. The molecule has 2 atom stereocenters. The number of benzene rings is 1. The third-order valence-electron chi connectivity index (χ3n) is 4.19. The standard InChI is InChI=1S/C16H22ClN3O4/c17-12-3-1-11(2-4-12)15(23)20-8-6-16(24,13(21)9-20)10-19-7-5-14(18)22/h1-4,13,19,21,24H,5-10H2,(H2,18,22)/t13-,16-/m0/s1. The van der Waals surface area contributed by atoms with Crippen molar-refractivity contribution in [2.45, 2.75) is 24.5 Å². The van der Waals surface area contributed by atoms with Gasteiger partial charge < -0.3 is 26.2 Å². The molecule has 132 valence electrons. The van der Waals surface area contributed by atoms with Gasteiger partial charge in [0.2, 0.25) is 5.91 Å². The molecule has 1 aromatic carbocycles. The number of nitrogens with zero attached hydrogens (tertiary/aromatic N) is 1. The Labute approximate surface area is 145 Å². The van der Waals surface area contributed by atoms with Crippen molar-refractivity contribution in [3.05, 3.63) is 34.9 Å². The van der Waals surface area contributed by atoms with Crippen molar-refractivity contribution in [3.8, 4) is 0 Å². The lowest BCUT2D eigenvalue weighted by atomic mass is 9.88. The van der Waals surface area contributed by atoms with E-state index in [4.69, 9.17) is 17.3 Å². The number of amides is 2. The summed E-state index contributed by atoms with van der Waals surface area (Å²) in [4.78, 5) is 24.6. The molecular formula is C16H22ClN3O4. The smallest absolute Gasteiger partial charge is 0.253 e. The highest BCUT2D eigenvalue weighted by atomic mass is 35.5. The number of aliphatic hydroxyl groups excluding tert-OH is 1. The molecule has 2 rings (SSSR count). The van der Waals surface area contributed by atoms with Crippen LogP contribution in [-0.2, 0) is 4.79 Å². The van der Waals surface area contributed by atoms with Crippen LogP contribution in [0.2, 0.25) is 5.02 Å². The van der Waals surface area contributed by atoms with Crippen molar-refractivity contribution in [2.24, 2.45) is 5.73 Å². The Morgan fingerprint density at radius 1 is 1.38 bits per heavy atom. The van der Waals surface area contributed by atoms with Crippen molar-refractivity contribution >= 4 is 23.4 Å². The van der Waals surface area contributed by atoms with E-state index < -0.39 is 17.6 Å². The molecule has 0 bridgehead atoms. The third-order valence-corrected chi connectivity index (χ3v) is 4.44. The van der Waals surface area contributed by atoms with E-state index in [-0.39, 0.29) is 31.8 Å². The maximum atomic E-state index is 12.4. The predicted molar refractivity (Wildman–Crippen MR) is 89.6 cm³/mol. The van der Waals surface area contributed by atoms with E-state index in [0.717, 1.165) is 0 Å². The van der Waals surface area contributed by atoms with Crippen LogP contribution in [0.15, 0.2) is 24.3 Å². The Hall–Kier alpha value is -1.67. The molecule has 1 aliphatic rings. The van der Waals surface area contributed by atoms with E-state index in [9.17, 15) is 19.8 Å². The average Bonchev–Trinajstić information content (AvgIpc) is 2.54. The molecule has 1 aliphatic heterocycles. The molecule has 0 aromatic heterocycles. The van der Waals surface area contributed by atoms with Gasteiger partial charge in [-0.1, -0.05) is 11.6 Å². The molecule has 1 heterocycles. The van der Waals surface area contributed by atoms with E-state index >= 15 is 0 Å². The highest BCUT2D eigenvalue weighted by Gasteiger charge is 2.41. The number of nitrogens with two attached hydrogens (primary N) is 1. The van der Waals surface area contributed by atoms with Crippen LogP contribution in [0.1, 0.15) is 23.2 Å². The van der Waals surface area contributed by atoms with E-state index in [1.807, 2.05) is 0 Å². The van der Waals surface area contributed by atoms with Gasteiger partial charge in [-0.2, -0.15) is 0 Å². The fourth-order valence-corrected chi connectivity index (χ4v) is 2.77. The Balaban J connectivity index is 1.90. The number of rotatable bonds is 6. The molecular weight excluding hydrogens is 334 g/mol. The Morgan fingerprint density at radius 3 is 2.62 bits per heavy atom. The summed E-state index contributed by atoms with van der Waals surface area (Å²) in [5.41, 5.74) is 4.19. The summed E-state index contributed by atoms with van der Waals surface area (Å²) >= 11 is 5.81. The van der Waals surface area contributed by atoms with Gasteiger partial charge in [0.05, 0.1) is 0 Å². The minimum absolute atomic E-state index is 0.0372. The first-order chi connectivity index (χ1) is 11.3. The topological polar surface area (TPSA) is 116 Å². The molecule has 8 heteroatoms. The number of aliphatic hydroxyl groups is 2. The summed E-state index contributed by atoms with van der Waals surface area (Å²) in [5.74, 6) is -0.645. The van der Waals surface area contributed by atoms with E-state index in [1.54, 1.807) is 24.3 Å². The maximum absolute atomic E-state index is 12.4. The molecule has 5 N–H and O–H groups in total.